The van der Waals surface area contributed by atoms with Gasteiger partial charge in [-0.15, -0.1) is 11.3 Å². The van der Waals surface area contributed by atoms with Crippen molar-refractivity contribution in [3.05, 3.63) is 17.0 Å². The zero-order valence-corrected chi connectivity index (χ0v) is 11.1. The first-order chi connectivity index (χ1) is 8.49. The summed E-state index contributed by atoms with van der Waals surface area (Å²) < 4.78 is 23.6. The van der Waals surface area contributed by atoms with E-state index in [2.05, 4.69) is 4.89 Å². The van der Waals surface area contributed by atoms with E-state index in [9.17, 15) is 13.2 Å². The molecule has 2 rings (SSSR count). The second-order valence-corrected chi connectivity index (χ2v) is 6.99. The molecule has 0 saturated heterocycles. The van der Waals surface area contributed by atoms with Gasteiger partial charge in [0, 0.05) is 0 Å². The molecule has 8 heteroatoms. The molecule has 0 bridgehead atoms. The van der Waals surface area contributed by atoms with Crippen molar-refractivity contribution < 1.29 is 23.2 Å². The van der Waals surface area contributed by atoms with Crippen LogP contribution in [0.2, 0.25) is 0 Å². The molecule has 18 heavy (non-hydrogen) atoms. The maximum absolute atomic E-state index is 11.8. The predicted octanol–water partition coefficient (Wildman–Crippen LogP) is 1.60. The summed E-state index contributed by atoms with van der Waals surface area (Å²) in [7, 11) is -3.78. The first kappa shape index (κ1) is 13.5. The second-order valence-electron chi connectivity index (χ2n) is 4.03. The molecule has 1 fully saturated rings. The third kappa shape index (κ3) is 3.08. The fourth-order valence-electron chi connectivity index (χ4n) is 1.76. The third-order valence-corrected chi connectivity index (χ3v) is 5.44. The van der Waals surface area contributed by atoms with Crippen LogP contribution in [0.1, 0.15) is 35.4 Å². The summed E-state index contributed by atoms with van der Waals surface area (Å²) in [4.78, 5) is 17.8. The van der Waals surface area contributed by atoms with Crippen LogP contribution in [0.25, 0.3) is 0 Å². The summed E-state index contributed by atoms with van der Waals surface area (Å²) in [5, 5.41) is 8.73. The van der Waals surface area contributed by atoms with Gasteiger partial charge in [0.1, 0.15) is 9.09 Å². The average Bonchev–Trinajstić information content (AvgIpc) is 2.98. The van der Waals surface area contributed by atoms with Crippen LogP contribution in [-0.4, -0.2) is 25.6 Å². The van der Waals surface area contributed by atoms with Gasteiger partial charge in [-0.3, -0.25) is 4.84 Å². The van der Waals surface area contributed by atoms with Crippen molar-refractivity contribution in [3.63, 3.8) is 0 Å². The molecule has 6 nitrogen and oxygen atoms in total. The van der Waals surface area contributed by atoms with Gasteiger partial charge in [0.15, 0.2) is 0 Å². The number of nitrogens with one attached hydrogen (secondary N) is 1. The molecule has 1 aromatic rings. The molecule has 0 aromatic carbocycles. The van der Waals surface area contributed by atoms with Gasteiger partial charge in [-0.1, -0.05) is 17.7 Å². The lowest BCUT2D eigenvalue weighted by atomic mass is 10.3. The molecule has 1 aliphatic carbocycles. The molecule has 0 radical (unpaired) electrons. The van der Waals surface area contributed by atoms with Crippen LogP contribution in [0.5, 0.6) is 0 Å². The van der Waals surface area contributed by atoms with Gasteiger partial charge >= 0.3 is 5.97 Å². The molecule has 1 heterocycles. The van der Waals surface area contributed by atoms with Crippen LogP contribution in [-0.2, 0) is 14.9 Å². The van der Waals surface area contributed by atoms with Gasteiger partial charge in [0.2, 0.25) is 0 Å². The van der Waals surface area contributed by atoms with E-state index in [-0.39, 0.29) is 15.2 Å². The minimum atomic E-state index is -3.78. The lowest BCUT2D eigenvalue weighted by Crippen LogP contribution is -2.27. The molecule has 1 saturated carbocycles. The van der Waals surface area contributed by atoms with Crippen molar-refractivity contribution in [1.29, 1.82) is 0 Å². The van der Waals surface area contributed by atoms with Crippen LogP contribution in [0, 0.1) is 0 Å². The van der Waals surface area contributed by atoms with E-state index in [1.54, 1.807) is 0 Å². The maximum Gasteiger partial charge on any atom is 0.345 e. The van der Waals surface area contributed by atoms with E-state index in [0.717, 1.165) is 25.7 Å². The molecular formula is C10H13NO5S2. The Labute approximate surface area is 109 Å². The van der Waals surface area contributed by atoms with Crippen molar-refractivity contribution in [2.24, 2.45) is 0 Å². The monoisotopic (exact) mass is 291 g/mol. The third-order valence-electron chi connectivity index (χ3n) is 2.68. The maximum atomic E-state index is 11.8. The Balaban J connectivity index is 2.02. The van der Waals surface area contributed by atoms with Crippen LogP contribution in [0.3, 0.4) is 0 Å². The zero-order chi connectivity index (χ0) is 13.2. The molecule has 100 valence electrons. The highest BCUT2D eigenvalue weighted by Crippen LogP contribution is 2.23. The van der Waals surface area contributed by atoms with Crippen LogP contribution in [0.15, 0.2) is 16.3 Å². The first-order valence-corrected chi connectivity index (χ1v) is 7.79. The number of carbonyl (C=O) groups is 1. The first-order valence-electron chi connectivity index (χ1n) is 5.49. The topological polar surface area (TPSA) is 92.7 Å². The fourth-order valence-corrected chi connectivity index (χ4v) is 3.74. The minimum absolute atomic E-state index is 0.0174. The van der Waals surface area contributed by atoms with Crippen LogP contribution >= 0.6 is 11.3 Å². The highest BCUT2D eigenvalue weighted by Gasteiger charge is 2.22. The molecule has 1 aliphatic rings. The Bertz CT molecular complexity index is 530. The molecule has 0 amide bonds. The Morgan fingerprint density at radius 1 is 1.39 bits per heavy atom. The molecule has 2 N–H and O–H groups in total. The Kier molecular flexibility index (Phi) is 4.00. The zero-order valence-electron chi connectivity index (χ0n) is 9.46. The number of hydrogen-bond acceptors (Lipinski definition) is 5. The molecule has 0 spiro atoms. The van der Waals surface area contributed by atoms with Crippen molar-refractivity contribution in [2.75, 3.05) is 0 Å². The number of sulfonamides is 1. The number of carboxylic acid groups (broad SMARTS) is 1. The summed E-state index contributed by atoms with van der Waals surface area (Å²) in [5.74, 6) is -1.14. The molecule has 1 aromatic heterocycles. The quantitative estimate of drug-likeness (QED) is 0.804. The molecule has 0 atom stereocenters. The lowest BCUT2D eigenvalue weighted by Gasteiger charge is -2.10. The Morgan fingerprint density at radius 3 is 2.61 bits per heavy atom. The van der Waals surface area contributed by atoms with Gasteiger partial charge in [-0.25, -0.2) is 13.2 Å². The van der Waals surface area contributed by atoms with Gasteiger partial charge in [0.05, 0.1) is 6.10 Å². The summed E-state index contributed by atoms with van der Waals surface area (Å²) in [6.45, 7) is 0. The van der Waals surface area contributed by atoms with E-state index in [1.165, 1.54) is 12.1 Å². The average molecular weight is 291 g/mol. The summed E-state index contributed by atoms with van der Waals surface area (Å²) in [5.41, 5.74) is 0. The number of aromatic carboxylic acids is 1. The largest absolute Gasteiger partial charge is 0.477 e. The molecular weight excluding hydrogens is 278 g/mol. The van der Waals surface area contributed by atoms with Gasteiger partial charge in [-0.05, 0) is 25.0 Å². The number of carboxylic acids is 1. The highest BCUT2D eigenvalue weighted by molar-refractivity contribution is 7.91. The van der Waals surface area contributed by atoms with Crippen LogP contribution < -0.4 is 4.89 Å². The summed E-state index contributed by atoms with van der Waals surface area (Å²) in [6, 6.07) is 2.52. The van der Waals surface area contributed by atoms with E-state index >= 15 is 0 Å². The van der Waals surface area contributed by atoms with Gasteiger partial charge in [-0.2, -0.15) is 0 Å². The number of rotatable bonds is 5. The van der Waals surface area contributed by atoms with Crippen molar-refractivity contribution >= 4 is 27.3 Å². The van der Waals surface area contributed by atoms with Crippen LogP contribution in [0.4, 0.5) is 0 Å². The van der Waals surface area contributed by atoms with E-state index in [1.807, 2.05) is 0 Å². The Morgan fingerprint density at radius 2 is 2.06 bits per heavy atom. The lowest BCUT2D eigenvalue weighted by molar-refractivity contribution is 0.0224. The minimum Gasteiger partial charge on any atom is -0.477 e. The van der Waals surface area contributed by atoms with E-state index < -0.39 is 16.0 Å². The SMILES string of the molecule is O=C(O)c1ccc(S(=O)(=O)NOC2CCCC2)s1. The van der Waals surface area contributed by atoms with Crippen molar-refractivity contribution in [2.45, 2.75) is 36.0 Å². The predicted molar refractivity (Wildman–Crippen MR) is 64.9 cm³/mol. The fraction of sp³-hybridized carbons (Fsp3) is 0.500. The highest BCUT2D eigenvalue weighted by atomic mass is 32.2. The van der Waals surface area contributed by atoms with Gasteiger partial charge in [0.25, 0.3) is 10.0 Å². The smallest absolute Gasteiger partial charge is 0.345 e. The summed E-state index contributed by atoms with van der Waals surface area (Å²) in [6.07, 6.45) is 3.67. The molecule has 0 unspecified atom stereocenters. The normalized spacial score (nSPS) is 17.1. The molecule has 0 aliphatic heterocycles. The van der Waals surface area contributed by atoms with E-state index in [0.29, 0.717) is 11.3 Å². The number of thiophene rings is 1. The van der Waals surface area contributed by atoms with E-state index in [4.69, 9.17) is 9.94 Å². The second kappa shape index (κ2) is 5.35. The number of hydrogen-bond donors (Lipinski definition) is 2. The Hall–Kier alpha value is -0.960. The van der Waals surface area contributed by atoms with Crippen molar-refractivity contribution in [3.8, 4) is 0 Å². The van der Waals surface area contributed by atoms with Gasteiger partial charge < -0.3 is 5.11 Å². The van der Waals surface area contributed by atoms with Crippen molar-refractivity contribution in [1.82, 2.24) is 4.89 Å². The summed E-state index contributed by atoms with van der Waals surface area (Å²) >= 11 is 0.700. The standard InChI is InChI=1S/C10H13NO5S2/c12-10(13)8-5-6-9(17-8)18(14,15)11-16-7-3-1-2-4-7/h5-7,11H,1-4H2,(H,12,13).